The second-order valence-electron chi connectivity index (χ2n) is 8.92. The van der Waals surface area contributed by atoms with Crippen LogP contribution in [0.5, 0.6) is 0 Å². The minimum absolute atomic E-state index is 0.105. The average molecular weight is 443 g/mol. The second-order valence-corrected chi connectivity index (χ2v) is 9.32. The van der Waals surface area contributed by atoms with Crippen LogP contribution in [0.3, 0.4) is 0 Å². The SMILES string of the molecule is COC(=O)c1ccc(CCn2c(CN(C)C3CCCC3)c(C3CC3)cc(Cl)c2=O)cc1. The maximum Gasteiger partial charge on any atom is 0.337 e. The van der Waals surface area contributed by atoms with E-state index in [2.05, 4.69) is 11.9 Å². The summed E-state index contributed by atoms with van der Waals surface area (Å²) in [6.07, 6.45) is 8.09. The van der Waals surface area contributed by atoms with E-state index in [0.29, 0.717) is 35.5 Å². The maximum atomic E-state index is 13.0. The van der Waals surface area contributed by atoms with Gasteiger partial charge in [-0.2, -0.15) is 0 Å². The number of aryl methyl sites for hydroxylation is 1. The molecule has 31 heavy (non-hydrogen) atoms. The van der Waals surface area contributed by atoms with Crippen molar-refractivity contribution < 1.29 is 9.53 Å². The van der Waals surface area contributed by atoms with Gasteiger partial charge >= 0.3 is 5.97 Å². The quantitative estimate of drug-likeness (QED) is 0.552. The molecule has 1 aromatic heterocycles. The van der Waals surface area contributed by atoms with Gasteiger partial charge in [0.15, 0.2) is 0 Å². The van der Waals surface area contributed by atoms with Crippen LogP contribution in [0.15, 0.2) is 35.1 Å². The minimum Gasteiger partial charge on any atom is -0.465 e. The van der Waals surface area contributed by atoms with Crippen LogP contribution in [-0.2, 0) is 24.2 Å². The molecular formula is C25H31ClN2O3. The van der Waals surface area contributed by atoms with E-state index in [1.54, 1.807) is 12.1 Å². The summed E-state index contributed by atoms with van der Waals surface area (Å²) in [7, 11) is 3.56. The first-order valence-electron chi connectivity index (χ1n) is 11.3. The molecule has 0 saturated heterocycles. The van der Waals surface area contributed by atoms with E-state index in [0.717, 1.165) is 17.8 Å². The number of esters is 1. The predicted octanol–water partition coefficient (Wildman–Crippen LogP) is 4.78. The third-order valence-electron chi connectivity index (χ3n) is 6.75. The van der Waals surface area contributed by atoms with E-state index in [-0.39, 0.29) is 11.5 Å². The number of nitrogens with zero attached hydrogens (tertiary/aromatic N) is 2. The molecule has 166 valence electrons. The zero-order chi connectivity index (χ0) is 22.0. The summed E-state index contributed by atoms with van der Waals surface area (Å²) in [6, 6.07) is 9.90. The number of carbonyl (C=O) groups excluding carboxylic acids is 1. The maximum absolute atomic E-state index is 13.0. The van der Waals surface area contributed by atoms with Crippen LogP contribution in [0.2, 0.25) is 5.02 Å². The molecule has 5 nitrogen and oxygen atoms in total. The Bertz CT molecular complexity index is 989. The number of ether oxygens (including phenoxy) is 1. The summed E-state index contributed by atoms with van der Waals surface area (Å²) < 4.78 is 6.67. The Labute approximate surface area is 189 Å². The highest BCUT2D eigenvalue weighted by molar-refractivity contribution is 6.30. The van der Waals surface area contributed by atoms with Crippen molar-refractivity contribution in [2.24, 2.45) is 0 Å². The molecule has 1 aromatic carbocycles. The molecule has 2 aliphatic rings. The van der Waals surface area contributed by atoms with Crippen LogP contribution < -0.4 is 5.56 Å². The third kappa shape index (κ3) is 5.04. The standard InChI is InChI=1S/C25H31ClN2O3/c1-27(20-5-3-4-6-20)16-23-21(18-11-12-18)15-22(26)24(29)28(23)14-13-17-7-9-19(10-8-17)25(30)31-2/h7-10,15,18,20H,3-6,11-14,16H2,1-2H3. The van der Waals surface area contributed by atoms with Gasteiger partial charge in [0.05, 0.1) is 12.7 Å². The lowest BCUT2D eigenvalue weighted by molar-refractivity contribution is 0.0600. The van der Waals surface area contributed by atoms with Crippen LogP contribution in [0.25, 0.3) is 0 Å². The molecule has 0 amide bonds. The van der Waals surface area contributed by atoms with Crippen molar-refractivity contribution in [1.82, 2.24) is 9.47 Å². The van der Waals surface area contributed by atoms with Gasteiger partial charge in [-0.15, -0.1) is 0 Å². The lowest BCUT2D eigenvalue weighted by Crippen LogP contribution is -2.34. The van der Waals surface area contributed by atoms with Crippen molar-refractivity contribution in [3.63, 3.8) is 0 Å². The van der Waals surface area contributed by atoms with E-state index in [1.807, 2.05) is 22.8 Å². The highest BCUT2D eigenvalue weighted by atomic mass is 35.5. The largest absolute Gasteiger partial charge is 0.465 e. The van der Waals surface area contributed by atoms with Crippen LogP contribution in [0, 0.1) is 0 Å². The summed E-state index contributed by atoms with van der Waals surface area (Å²) in [4.78, 5) is 27.1. The monoisotopic (exact) mass is 442 g/mol. The lowest BCUT2D eigenvalue weighted by atomic mass is 10.1. The minimum atomic E-state index is -0.344. The molecule has 0 spiro atoms. The summed E-state index contributed by atoms with van der Waals surface area (Å²) in [5, 5.41) is 0.315. The van der Waals surface area contributed by atoms with Crippen LogP contribution in [0.4, 0.5) is 0 Å². The number of rotatable bonds is 8. The van der Waals surface area contributed by atoms with Gasteiger partial charge in [0.25, 0.3) is 5.56 Å². The highest BCUT2D eigenvalue weighted by Gasteiger charge is 2.30. The Hall–Kier alpha value is -2.11. The Balaban J connectivity index is 1.59. The lowest BCUT2D eigenvalue weighted by Gasteiger charge is -2.27. The van der Waals surface area contributed by atoms with E-state index < -0.39 is 0 Å². The van der Waals surface area contributed by atoms with Gasteiger partial charge in [-0.05, 0) is 74.4 Å². The predicted molar refractivity (Wildman–Crippen MR) is 123 cm³/mol. The topological polar surface area (TPSA) is 51.5 Å². The molecule has 2 saturated carbocycles. The number of pyridine rings is 1. The van der Waals surface area contributed by atoms with Crippen molar-refractivity contribution in [3.8, 4) is 0 Å². The molecule has 0 bridgehead atoms. The molecule has 6 heteroatoms. The normalized spacial score (nSPS) is 16.8. The fourth-order valence-corrected chi connectivity index (χ4v) is 4.95. The highest BCUT2D eigenvalue weighted by Crippen LogP contribution is 2.42. The molecule has 1 heterocycles. The Morgan fingerprint density at radius 2 is 1.84 bits per heavy atom. The third-order valence-corrected chi connectivity index (χ3v) is 7.03. The van der Waals surface area contributed by atoms with Gasteiger partial charge in [-0.25, -0.2) is 4.79 Å². The molecular weight excluding hydrogens is 412 g/mol. The van der Waals surface area contributed by atoms with Crippen molar-refractivity contribution in [1.29, 1.82) is 0 Å². The number of halogens is 1. The fourth-order valence-electron chi connectivity index (χ4n) is 4.73. The van der Waals surface area contributed by atoms with Crippen molar-refractivity contribution in [3.05, 3.63) is 68.1 Å². The van der Waals surface area contributed by atoms with Gasteiger partial charge in [-0.1, -0.05) is 36.6 Å². The zero-order valence-electron chi connectivity index (χ0n) is 18.4. The van der Waals surface area contributed by atoms with E-state index in [1.165, 1.54) is 51.2 Å². The first kappa shape index (κ1) is 22.1. The number of hydrogen-bond acceptors (Lipinski definition) is 4. The molecule has 2 aromatic rings. The number of carbonyl (C=O) groups is 1. The summed E-state index contributed by atoms with van der Waals surface area (Å²) in [5.74, 6) is 0.180. The molecule has 2 aliphatic carbocycles. The number of aromatic nitrogens is 1. The smallest absolute Gasteiger partial charge is 0.337 e. The van der Waals surface area contributed by atoms with Gasteiger partial charge in [0.2, 0.25) is 0 Å². The molecule has 0 atom stereocenters. The van der Waals surface area contributed by atoms with Crippen LogP contribution >= 0.6 is 11.6 Å². The Morgan fingerprint density at radius 1 is 1.16 bits per heavy atom. The van der Waals surface area contributed by atoms with E-state index in [9.17, 15) is 9.59 Å². The molecule has 0 unspecified atom stereocenters. The molecule has 0 aliphatic heterocycles. The van der Waals surface area contributed by atoms with Crippen molar-refractivity contribution >= 4 is 17.6 Å². The van der Waals surface area contributed by atoms with Crippen molar-refractivity contribution in [2.45, 2.75) is 70.0 Å². The van der Waals surface area contributed by atoms with Crippen molar-refractivity contribution in [2.75, 3.05) is 14.2 Å². The fraction of sp³-hybridized carbons (Fsp3) is 0.520. The average Bonchev–Trinajstić information content (AvgIpc) is 3.48. The summed E-state index contributed by atoms with van der Waals surface area (Å²) in [6.45, 7) is 1.36. The summed E-state index contributed by atoms with van der Waals surface area (Å²) in [5.41, 5.74) is 3.86. The molecule has 4 rings (SSSR count). The van der Waals surface area contributed by atoms with Crippen LogP contribution in [-0.4, -0.2) is 35.6 Å². The number of methoxy groups -OCH3 is 1. The van der Waals surface area contributed by atoms with E-state index >= 15 is 0 Å². The molecule has 0 radical (unpaired) electrons. The second kappa shape index (κ2) is 9.58. The first-order chi connectivity index (χ1) is 15.0. The zero-order valence-corrected chi connectivity index (χ0v) is 19.2. The molecule has 2 fully saturated rings. The van der Waals surface area contributed by atoms with E-state index in [4.69, 9.17) is 16.3 Å². The Morgan fingerprint density at radius 3 is 2.45 bits per heavy atom. The first-order valence-corrected chi connectivity index (χ1v) is 11.7. The van der Waals surface area contributed by atoms with Gasteiger partial charge < -0.3 is 9.30 Å². The van der Waals surface area contributed by atoms with Gasteiger partial charge in [0.1, 0.15) is 5.02 Å². The van der Waals surface area contributed by atoms with Crippen LogP contribution in [0.1, 0.15) is 71.6 Å². The number of hydrogen-bond donors (Lipinski definition) is 0. The molecule has 0 N–H and O–H groups in total. The van der Waals surface area contributed by atoms with Gasteiger partial charge in [-0.3, -0.25) is 9.69 Å². The summed E-state index contributed by atoms with van der Waals surface area (Å²) >= 11 is 6.38. The number of benzene rings is 1. The Kier molecular flexibility index (Phi) is 6.83. The van der Waals surface area contributed by atoms with Gasteiger partial charge in [0, 0.05) is 24.8 Å².